The van der Waals surface area contributed by atoms with E-state index in [1.54, 1.807) is 18.2 Å². The first-order valence-electron chi connectivity index (χ1n) is 5.78. The van der Waals surface area contributed by atoms with Gasteiger partial charge in [0.1, 0.15) is 15.9 Å². The lowest BCUT2D eigenvalue weighted by Gasteiger charge is -2.13. The molecule has 0 bridgehead atoms. The summed E-state index contributed by atoms with van der Waals surface area (Å²) in [5, 5.41) is 0. The molecule has 18 heavy (non-hydrogen) atoms. The van der Waals surface area contributed by atoms with Gasteiger partial charge in [-0.05, 0) is 25.5 Å². The molecule has 0 radical (unpaired) electrons. The highest BCUT2D eigenvalue weighted by molar-refractivity contribution is 7.89. The zero-order valence-corrected chi connectivity index (χ0v) is 11.9. The molecule has 7 heteroatoms. The molecule has 0 saturated heterocycles. The van der Waals surface area contributed by atoms with Gasteiger partial charge < -0.3 is 0 Å². The molecule has 2 aromatic rings. The van der Waals surface area contributed by atoms with E-state index in [0.717, 1.165) is 24.6 Å². The summed E-state index contributed by atoms with van der Waals surface area (Å²) in [5.74, 6) is 0. The van der Waals surface area contributed by atoms with Crippen molar-refractivity contribution in [1.29, 1.82) is 0 Å². The fourth-order valence-electron chi connectivity index (χ4n) is 1.82. The molecule has 0 amide bonds. The molecule has 0 aliphatic heterocycles. The Hall–Kier alpha value is -1.05. The molecule has 1 unspecified atom stereocenters. The zero-order valence-electron chi connectivity index (χ0n) is 10.3. The van der Waals surface area contributed by atoms with Crippen LogP contribution in [0, 0.1) is 0 Å². The van der Waals surface area contributed by atoms with Crippen LogP contribution >= 0.6 is 11.7 Å². The predicted molar refractivity (Wildman–Crippen MR) is 72.1 cm³/mol. The van der Waals surface area contributed by atoms with Crippen LogP contribution in [-0.2, 0) is 10.0 Å². The van der Waals surface area contributed by atoms with E-state index in [9.17, 15) is 8.42 Å². The van der Waals surface area contributed by atoms with Crippen LogP contribution in [0.5, 0.6) is 0 Å². The SMILES string of the molecule is CCCC(C)NS(=O)(=O)c1cccc2nsnc12. The fraction of sp³-hybridized carbons (Fsp3) is 0.455. The first kappa shape index (κ1) is 13.4. The summed E-state index contributed by atoms with van der Waals surface area (Å²) in [4.78, 5) is 0.205. The van der Waals surface area contributed by atoms with Crippen LogP contribution in [0.3, 0.4) is 0 Å². The molecular formula is C11H15N3O2S2. The smallest absolute Gasteiger partial charge is 0.208 e. The third-order valence-electron chi connectivity index (χ3n) is 2.62. The Labute approximate surface area is 111 Å². The predicted octanol–water partition coefficient (Wildman–Crippen LogP) is 2.16. The number of nitrogens with zero attached hydrogens (tertiary/aromatic N) is 2. The van der Waals surface area contributed by atoms with Crippen LogP contribution in [0.4, 0.5) is 0 Å². The van der Waals surface area contributed by atoms with E-state index >= 15 is 0 Å². The summed E-state index contributed by atoms with van der Waals surface area (Å²) in [7, 11) is -3.52. The Morgan fingerprint density at radius 2 is 2.17 bits per heavy atom. The second-order valence-electron chi connectivity index (χ2n) is 4.20. The average molecular weight is 285 g/mol. The van der Waals surface area contributed by atoms with Gasteiger partial charge in [-0.3, -0.25) is 0 Å². The Morgan fingerprint density at radius 3 is 2.89 bits per heavy atom. The van der Waals surface area contributed by atoms with Gasteiger partial charge in [0.05, 0.1) is 11.7 Å². The molecule has 0 aliphatic rings. The number of benzene rings is 1. The van der Waals surface area contributed by atoms with Crippen molar-refractivity contribution in [3.8, 4) is 0 Å². The average Bonchev–Trinajstić information content (AvgIpc) is 2.75. The first-order valence-corrected chi connectivity index (χ1v) is 7.99. The van der Waals surface area contributed by atoms with Gasteiger partial charge in [-0.1, -0.05) is 19.4 Å². The van der Waals surface area contributed by atoms with Crippen molar-refractivity contribution in [3.63, 3.8) is 0 Å². The lowest BCUT2D eigenvalue weighted by molar-refractivity contribution is 0.544. The largest absolute Gasteiger partial charge is 0.243 e. The molecule has 0 fully saturated rings. The van der Waals surface area contributed by atoms with Crippen molar-refractivity contribution >= 4 is 32.8 Å². The molecule has 2 rings (SSSR count). The van der Waals surface area contributed by atoms with Crippen molar-refractivity contribution in [1.82, 2.24) is 13.5 Å². The summed E-state index contributed by atoms with van der Waals surface area (Å²) in [6.07, 6.45) is 1.75. The van der Waals surface area contributed by atoms with E-state index in [0.29, 0.717) is 11.0 Å². The monoisotopic (exact) mass is 285 g/mol. The number of nitrogens with one attached hydrogen (secondary N) is 1. The number of hydrogen-bond donors (Lipinski definition) is 1. The van der Waals surface area contributed by atoms with Crippen LogP contribution in [0.1, 0.15) is 26.7 Å². The van der Waals surface area contributed by atoms with Gasteiger partial charge in [-0.25, -0.2) is 13.1 Å². The van der Waals surface area contributed by atoms with Gasteiger partial charge >= 0.3 is 0 Å². The zero-order chi connectivity index (χ0) is 13.2. The lowest BCUT2D eigenvalue weighted by atomic mass is 10.2. The van der Waals surface area contributed by atoms with Crippen molar-refractivity contribution in [2.24, 2.45) is 0 Å². The highest BCUT2D eigenvalue weighted by Crippen LogP contribution is 2.21. The minimum absolute atomic E-state index is 0.0816. The van der Waals surface area contributed by atoms with E-state index < -0.39 is 10.0 Å². The number of aromatic nitrogens is 2. The maximum atomic E-state index is 12.3. The minimum Gasteiger partial charge on any atom is -0.208 e. The Kier molecular flexibility index (Phi) is 3.94. The maximum Gasteiger partial charge on any atom is 0.243 e. The maximum absolute atomic E-state index is 12.3. The molecule has 0 saturated carbocycles. The Balaban J connectivity index is 2.38. The highest BCUT2D eigenvalue weighted by Gasteiger charge is 2.21. The Bertz CT molecular complexity index is 637. The van der Waals surface area contributed by atoms with E-state index in [1.807, 2.05) is 13.8 Å². The third-order valence-corrected chi connectivity index (χ3v) is 4.78. The van der Waals surface area contributed by atoms with Gasteiger partial charge in [0.2, 0.25) is 10.0 Å². The van der Waals surface area contributed by atoms with Crippen LogP contribution < -0.4 is 4.72 Å². The lowest BCUT2D eigenvalue weighted by Crippen LogP contribution is -2.32. The van der Waals surface area contributed by atoms with E-state index in [-0.39, 0.29) is 10.9 Å². The third kappa shape index (κ3) is 2.68. The highest BCUT2D eigenvalue weighted by atomic mass is 32.2. The standard InChI is InChI=1S/C11H15N3O2S2/c1-3-5-8(2)14-18(15,16)10-7-4-6-9-11(10)13-17-12-9/h4,6-8,14H,3,5H2,1-2H3. The quantitative estimate of drug-likeness (QED) is 0.913. The van der Waals surface area contributed by atoms with Crippen LogP contribution in [0.25, 0.3) is 11.0 Å². The van der Waals surface area contributed by atoms with E-state index in [4.69, 9.17) is 0 Å². The van der Waals surface area contributed by atoms with Crippen LogP contribution in [0.2, 0.25) is 0 Å². The number of hydrogen-bond acceptors (Lipinski definition) is 5. The second kappa shape index (κ2) is 5.29. The minimum atomic E-state index is -3.52. The molecule has 1 atom stereocenters. The van der Waals surface area contributed by atoms with Crippen molar-refractivity contribution in [2.75, 3.05) is 0 Å². The Morgan fingerprint density at radius 1 is 1.39 bits per heavy atom. The second-order valence-corrected chi connectivity index (χ2v) is 6.41. The molecule has 1 heterocycles. The number of fused-ring (bicyclic) bond motifs is 1. The summed E-state index contributed by atoms with van der Waals surface area (Å²) in [6.45, 7) is 3.89. The normalized spacial score (nSPS) is 13.9. The van der Waals surface area contributed by atoms with E-state index in [1.165, 1.54) is 0 Å². The van der Waals surface area contributed by atoms with E-state index in [2.05, 4.69) is 13.5 Å². The summed E-state index contributed by atoms with van der Waals surface area (Å²) in [6, 6.07) is 4.92. The van der Waals surface area contributed by atoms with Gasteiger partial charge in [0.15, 0.2) is 0 Å². The van der Waals surface area contributed by atoms with Crippen LogP contribution in [-0.4, -0.2) is 23.2 Å². The number of rotatable bonds is 5. The summed E-state index contributed by atoms with van der Waals surface area (Å²) < 4.78 is 35.3. The van der Waals surface area contributed by atoms with Gasteiger partial charge in [0, 0.05) is 6.04 Å². The van der Waals surface area contributed by atoms with Crippen molar-refractivity contribution < 1.29 is 8.42 Å². The number of sulfonamides is 1. The van der Waals surface area contributed by atoms with Crippen molar-refractivity contribution in [2.45, 2.75) is 37.6 Å². The van der Waals surface area contributed by atoms with Crippen LogP contribution in [0.15, 0.2) is 23.1 Å². The fourth-order valence-corrected chi connectivity index (χ4v) is 3.86. The molecule has 98 valence electrons. The molecule has 0 aliphatic carbocycles. The molecule has 1 aromatic carbocycles. The first-order chi connectivity index (χ1) is 8.54. The topological polar surface area (TPSA) is 72.0 Å². The molecule has 1 N–H and O–H groups in total. The molecule has 1 aromatic heterocycles. The van der Waals surface area contributed by atoms with Crippen molar-refractivity contribution in [3.05, 3.63) is 18.2 Å². The molecule has 0 spiro atoms. The molecular weight excluding hydrogens is 270 g/mol. The summed E-state index contributed by atoms with van der Waals surface area (Å²) in [5.41, 5.74) is 1.06. The van der Waals surface area contributed by atoms with Gasteiger partial charge in [0.25, 0.3) is 0 Å². The van der Waals surface area contributed by atoms with Gasteiger partial charge in [-0.15, -0.1) is 0 Å². The van der Waals surface area contributed by atoms with Gasteiger partial charge in [-0.2, -0.15) is 8.75 Å². The summed E-state index contributed by atoms with van der Waals surface area (Å²) >= 11 is 1.02. The molecule has 5 nitrogen and oxygen atoms in total.